The van der Waals surface area contributed by atoms with Crippen molar-refractivity contribution in [2.45, 2.75) is 13.1 Å². The third-order valence-electron chi connectivity index (χ3n) is 2.92. The molecule has 16 heavy (non-hydrogen) atoms. The molecule has 0 spiro atoms. The minimum absolute atomic E-state index is 0.499. The van der Waals surface area contributed by atoms with Crippen molar-refractivity contribution in [1.29, 1.82) is 0 Å². The Balaban J connectivity index is 2.10. The maximum Gasteiger partial charge on any atom is 0.0594 e. The summed E-state index contributed by atoms with van der Waals surface area (Å²) in [5.74, 6) is 0. The van der Waals surface area contributed by atoms with E-state index in [0.717, 1.165) is 43.4 Å². The maximum atomic E-state index is 6.12. The van der Waals surface area contributed by atoms with Crippen molar-refractivity contribution in [1.82, 2.24) is 4.90 Å². The van der Waals surface area contributed by atoms with Crippen molar-refractivity contribution in [2.75, 3.05) is 26.3 Å². The minimum atomic E-state index is 0.499. The zero-order valence-corrected chi connectivity index (χ0v) is 10.0. The molecule has 0 aliphatic carbocycles. The number of hydrogen-bond donors (Lipinski definition) is 1. The van der Waals surface area contributed by atoms with E-state index >= 15 is 0 Å². The molecular formula is C12H17ClN2O. The molecule has 1 saturated heterocycles. The quantitative estimate of drug-likeness (QED) is 0.873. The summed E-state index contributed by atoms with van der Waals surface area (Å²) in [7, 11) is 0. The summed E-state index contributed by atoms with van der Waals surface area (Å²) in [4.78, 5) is 2.37. The number of nitrogens with zero attached hydrogens (tertiary/aromatic N) is 1. The number of nitrogens with two attached hydrogens (primary N) is 1. The van der Waals surface area contributed by atoms with Gasteiger partial charge in [-0.15, -0.1) is 0 Å². The van der Waals surface area contributed by atoms with Crippen LogP contribution < -0.4 is 5.73 Å². The van der Waals surface area contributed by atoms with Crippen LogP contribution in [-0.2, 0) is 17.8 Å². The van der Waals surface area contributed by atoms with Crippen molar-refractivity contribution in [3.8, 4) is 0 Å². The summed E-state index contributed by atoms with van der Waals surface area (Å²) in [6, 6.07) is 5.98. The van der Waals surface area contributed by atoms with Gasteiger partial charge in [-0.3, -0.25) is 4.90 Å². The summed E-state index contributed by atoms with van der Waals surface area (Å²) < 4.78 is 5.33. The standard InChI is InChI=1S/C12H17ClN2O/c13-12-3-1-2-10(11(12)8-14)9-15-4-6-16-7-5-15/h1-3H,4-9,14H2. The fourth-order valence-corrected chi connectivity index (χ4v) is 2.25. The highest BCUT2D eigenvalue weighted by molar-refractivity contribution is 6.31. The van der Waals surface area contributed by atoms with Crippen LogP contribution in [-0.4, -0.2) is 31.2 Å². The average molecular weight is 241 g/mol. The van der Waals surface area contributed by atoms with Gasteiger partial charge >= 0.3 is 0 Å². The molecular weight excluding hydrogens is 224 g/mol. The minimum Gasteiger partial charge on any atom is -0.379 e. The molecule has 2 rings (SSSR count). The Morgan fingerprint density at radius 1 is 1.31 bits per heavy atom. The summed E-state index contributed by atoms with van der Waals surface area (Å²) >= 11 is 6.12. The third-order valence-corrected chi connectivity index (χ3v) is 3.27. The van der Waals surface area contributed by atoms with Gasteiger partial charge in [0.2, 0.25) is 0 Å². The Morgan fingerprint density at radius 3 is 2.75 bits per heavy atom. The molecule has 0 aromatic heterocycles. The number of morpholine rings is 1. The SMILES string of the molecule is NCc1c(Cl)cccc1CN1CCOCC1. The predicted octanol–water partition coefficient (Wildman–Crippen LogP) is 1.63. The molecule has 2 N–H and O–H groups in total. The topological polar surface area (TPSA) is 38.5 Å². The molecule has 1 aromatic rings. The van der Waals surface area contributed by atoms with Crippen molar-refractivity contribution < 1.29 is 4.74 Å². The third kappa shape index (κ3) is 2.74. The van der Waals surface area contributed by atoms with Crippen molar-refractivity contribution in [2.24, 2.45) is 5.73 Å². The molecule has 1 fully saturated rings. The Hall–Kier alpha value is -0.610. The molecule has 0 saturated carbocycles. The largest absolute Gasteiger partial charge is 0.379 e. The molecule has 3 nitrogen and oxygen atoms in total. The maximum absolute atomic E-state index is 6.12. The molecule has 0 amide bonds. The monoisotopic (exact) mass is 240 g/mol. The number of halogens is 1. The van der Waals surface area contributed by atoms with E-state index in [0.29, 0.717) is 6.54 Å². The van der Waals surface area contributed by atoms with Gasteiger partial charge in [0.1, 0.15) is 0 Å². The Kier molecular flexibility index (Phi) is 4.18. The second-order valence-electron chi connectivity index (χ2n) is 3.97. The van der Waals surface area contributed by atoms with E-state index in [1.165, 1.54) is 5.56 Å². The zero-order chi connectivity index (χ0) is 11.4. The highest BCUT2D eigenvalue weighted by Gasteiger charge is 2.13. The Morgan fingerprint density at radius 2 is 2.06 bits per heavy atom. The highest BCUT2D eigenvalue weighted by atomic mass is 35.5. The number of ether oxygens (including phenoxy) is 1. The van der Waals surface area contributed by atoms with Crippen LogP contribution in [0.4, 0.5) is 0 Å². The van der Waals surface area contributed by atoms with Gasteiger partial charge in [0.05, 0.1) is 13.2 Å². The van der Waals surface area contributed by atoms with E-state index in [1.807, 2.05) is 12.1 Å². The molecule has 0 unspecified atom stereocenters. The second kappa shape index (κ2) is 5.64. The van der Waals surface area contributed by atoms with E-state index in [1.54, 1.807) is 0 Å². The highest BCUT2D eigenvalue weighted by Crippen LogP contribution is 2.21. The first kappa shape index (κ1) is 11.9. The number of benzene rings is 1. The van der Waals surface area contributed by atoms with Gasteiger partial charge in [-0.1, -0.05) is 23.7 Å². The summed E-state index contributed by atoms with van der Waals surface area (Å²) in [5, 5.41) is 0.772. The van der Waals surface area contributed by atoms with E-state index < -0.39 is 0 Å². The van der Waals surface area contributed by atoms with Gasteiger partial charge in [0.15, 0.2) is 0 Å². The molecule has 0 radical (unpaired) electrons. The van der Waals surface area contributed by atoms with Crippen LogP contribution in [0.2, 0.25) is 5.02 Å². The lowest BCUT2D eigenvalue weighted by Crippen LogP contribution is -2.36. The van der Waals surface area contributed by atoms with Gasteiger partial charge in [-0.2, -0.15) is 0 Å². The fraction of sp³-hybridized carbons (Fsp3) is 0.500. The van der Waals surface area contributed by atoms with Gasteiger partial charge in [0.25, 0.3) is 0 Å². The molecule has 1 aliphatic heterocycles. The van der Waals surface area contributed by atoms with Crippen molar-refractivity contribution >= 4 is 11.6 Å². The van der Waals surface area contributed by atoms with Gasteiger partial charge in [0, 0.05) is 31.2 Å². The normalized spacial score (nSPS) is 17.6. The molecule has 1 heterocycles. The first-order chi connectivity index (χ1) is 7.81. The van der Waals surface area contributed by atoms with Crippen molar-refractivity contribution in [3.05, 3.63) is 34.3 Å². The zero-order valence-electron chi connectivity index (χ0n) is 9.29. The van der Waals surface area contributed by atoms with Crippen LogP contribution in [0.1, 0.15) is 11.1 Å². The van der Waals surface area contributed by atoms with E-state index in [2.05, 4.69) is 11.0 Å². The van der Waals surface area contributed by atoms with Crippen molar-refractivity contribution in [3.63, 3.8) is 0 Å². The second-order valence-corrected chi connectivity index (χ2v) is 4.38. The van der Waals surface area contributed by atoms with E-state index in [4.69, 9.17) is 22.1 Å². The number of rotatable bonds is 3. The van der Waals surface area contributed by atoms with Gasteiger partial charge < -0.3 is 10.5 Å². The molecule has 4 heteroatoms. The lowest BCUT2D eigenvalue weighted by atomic mass is 10.1. The lowest BCUT2D eigenvalue weighted by molar-refractivity contribution is 0.0341. The first-order valence-electron chi connectivity index (χ1n) is 5.57. The van der Waals surface area contributed by atoms with Crippen LogP contribution >= 0.6 is 11.6 Å². The molecule has 1 aliphatic rings. The fourth-order valence-electron chi connectivity index (χ4n) is 1.98. The van der Waals surface area contributed by atoms with Crippen LogP contribution in [0.5, 0.6) is 0 Å². The molecule has 1 aromatic carbocycles. The van der Waals surface area contributed by atoms with Crippen LogP contribution in [0.15, 0.2) is 18.2 Å². The van der Waals surface area contributed by atoms with Crippen LogP contribution in [0, 0.1) is 0 Å². The Bertz CT molecular complexity index is 351. The lowest BCUT2D eigenvalue weighted by Gasteiger charge is -2.27. The Labute approximate surface area is 101 Å². The number of hydrogen-bond acceptors (Lipinski definition) is 3. The average Bonchev–Trinajstić information content (AvgIpc) is 2.31. The van der Waals surface area contributed by atoms with Gasteiger partial charge in [-0.05, 0) is 17.2 Å². The molecule has 0 bridgehead atoms. The summed E-state index contributed by atoms with van der Waals surface area (Å²) in [6.45, 7) is 5.01. The first-order valence-corrected chi connectivity index (χ1v) is 5.95. The van der Waals surface area contributed by atoms with Gasteiger partial charge in [-0.25, -0.2) is 0 Å². The van der Waals surface area contributed by atoms with E-state index in [9.17, 15) is 0 Å². The molecule has 0 atom stereocenters. The molecule has 88 valence electrons. The summed E-state index contributed by atoms with van der Waals surface area (Å²) in [5.41, 5.74) is 8.03. The smallest absolute Gasteiger partial charge is 0.0594 e. The van der Waals surface area contributed by atoms with E-state index in [-0.39, 0.29) is 0 Å². The summed E-state index contributed by atoms with van der Waals surface area (Å²) in [6.07, 6.45) is 0. The predicted molar refractivity (Wildman–Crippen MR) is 65.4 cm³/mol. The van der Waals surface area contributed by atoms with Crippen LogP contribution in [0.25, 0.3) is 0 Å². The van der Waals surface area contributed by atoms with Crippen LogP contribution in [0.3, 0.4) is 0 Å².